The van der Waals surface area contributed by atoms with Crippen molar-refractivity contribution in [2.45, 2.75) is 11.5 Å². The molecule has 0 aromatic heterocycles. The third-order valence-electron chi connectivity index (χ3n) is 2.62. The minimum Gasteiger partial charge on any atom is -0.488 e. The van der Waals surface area contributed by atoms with Gasteiger partial charge in [0, 0.05) is 10.7 Å². The maximum Gasteiger partial charge on any atom is 0.261 e. The van der Waals surface area contributed by atoms with Crippen molar-refractivity contribution in [3.8, 4) is 5.75 Å². The summed E-state index contributed by atoms with van der Waals surface area (Å²) < 4.78 is 54.8. The third kappa shape index (κ3) is 3.93. The lowest BCUT2D eigenvalue weighted by Crippen LogP contribution is -2.02. The van der Waals surface area contributed by atoms with Gasteiger partial charge in [0.1, 0.15) is 24.0 Å². The van der Waals surface area contributed by atoms with E-state index in [0.29, 0.717) is 4.47 Å². The van der Waals surface area contributed by atoms with Crippen LogP contribution in [-0.4, -0.2) is 8.42 Å². The zero-order chi connectivity index (χ0) is 15.6. The van der Waals surface area contributed by atoms with Crippen molar-refractivity contribution in [2.75, 3.05) is 0 Å². The number of halogens is 4. The van der Waals surface area contributed by atoms with Crippen LogP contribution in [0.15, 0.2) is 45.8 Å². The molecule has 2 rings (SSSR count). The van der Waals surface area contributed by atoms with Crippen molar-refractivity contribution in [2.24, 2.45) is 0 Å². The molecule has 0 atom stereocenters. The Morgan fingerprint density at radius 2 is 1.76 bits per heavy atom. The molecule has 0 unspecified atom stereocenters. The van der Waals surface area contributed by atoms with Crippen molar-refractivity contribution in [3.05, 3.63) is 58.1 Å². The Bertz CT molecular complexity index is 761. The van der Waals surface area contributed by atoms with Gasteiger partial charge in [0.05, 0.1) is 14.9 Å². The largest absolute Gasteiger partial charge is 0.488 e. The zero-order valence-corrected chi connectivity index (χ0v) is 13.5. The summed E-state index contributed by atoms with van der Waals surface area (Å²) in [6, 6.07) is 7.33. The third-order valence-corrected chi connectivity index (χ3v) is 4.59. The molecule has 0 radical (unpaired) electrons. The highest BCUT2D eigenvalue weighted by atomic mass is 79.9. The summed E-state index contributed by atoms with van der Waals surface area (Å²) in [5.74, 6) is -1.20. The Morgan fingerprint density at radius 3 is 2.29 bits per heavy atom. The summed E-state index contributed by atoms with van der Waals surface area (Å²) in [6.07, 6.45) is 0. The van der Waals surface area contributed by atoms with E-state index >= 15 is 0 Å². The molecular formula is C13H8BrClF2O3S. The van der Waals surface area contributed by atoms with Crippen molar-refractivity contribution in [1.82, 2.24) is 0 Å². The van der Waals surface area contributed by atoms with Gasteiger partial charge in [0.25, 0.3) is 9.05 Å². The summed E-state index contributed by atoms with van der Waals surface area (Å²) in [4.78, 5) is -0.111. The second kappa shape index (κ2) is 6.29. The average Bonchev–Trinajstić information content (AvgIpc) is 2.38. The van der Waals surface area contributed by atoms with Gasteiger partial charge in [-0.15, -0.1) is 0 Å². The van der Waals surface area contributed by atoms with E-state index < -0.39 is 20.7 Å². The van der Waals surface area contributed by atoms with Gasteiger partial charge in [-0.1, -0.05) is 6.07 Å². The van der Waals surface area contributed by atoms with Crippen LogP contribution in [0.25, 0.3) is 0 Å². The van der Waals surface area contributed by atoms with Crippen LogP contribution >= 0.6 is 26.6 Å². The second-order valence-corrected chi connectivity index (χ2v) is 7.44. The number of benzene rings is 2. The fourth-order valence-corrected chi connectivity index (χ4v) is 2.99. The molecule has 8 heteroatoms. The molecule has 21 heavy (non-hydrogen) atoms. The Balaban J connectivity index is 2.22. The van der Waals surface area contributed by atoms with E-state index in [1.165, 1.54) is 24.3 Å². The van der Waals surface area contributed by atoms with Gasteiger partial charge < -0.3 is 4.74 Å². The Hall–Kier alpha value is -1.18. The summed E-state index contributed by atoms with van der Waals surface area (Å²) in [6.45, 7) is -0.329. The molecule has 0 amide bonds. The lowest BCUT2D eigenvalue weighted by atomic mass is 10.2. The molecule has 2 aromatic rings. The van der Waals surface area contributed by atoms with Gasteiger partial charge in [-0.3, -0.25) is 0 Å². The van der Waals surface area contributed by atoms with Crippen molar-refractivity contribution < 1.29 is 21.9 Å². The van der Waals surface area contributed by atoms with Gasteiger partial charge in [-0.05, 0) is 46.3 Å². The summed E-state index contributed by atoms with van der Waals surface area (Å²) in [5.41, 5.74) is -0.210. The topological polar surface area (TPSA) is 43.4 Å². The average molecular weight is 398 g/mol. The molecule has 0 saturated carbocycles. The Labute approximate surface area is 133 Å². The number of hydrogen-bond acceptors (Lipinski definition) is 3. The zero-order valence-electron chi connectivity index (χ0n) is 10.3. The molecule has 2 aromatic carbocycles. The van der Waals surface area contributed by atoms with E-state index in [1.54, 1.807) is 0 Å². The Morgan fingerprint density at radius 1 is 1.14 bits per heavy atom. The van der Waals surface area contributed by atoms with Gasteiger partial charge >= 0.3 is 0 Å². The standard InChI is InChI=1S/C13H8BrClF2O3S/c14-10-6-8(21(15,18)19)4-5-13(10)20-7-9-11(16)2-1-3-12(9)17/h1-6H,7H2. The predicted molar refractivity (Wildman–Crippen MR) is 77.9 cm³/mol. The molecule has 0 N–H and O–H groups in total. The first-order valence-corrected chi connectivity index (χ1v) is 8.69. The highest BCUT2D eigenvalue weighted by Crippen LogP contribution is 2.30. The number of ether oxygens (including phenoxy) is 1. The van der Waals surface area contributed by atoms with Gasteiger partial charge in [-0.25, -0.2) is 17.2 Å². The summed E-state index contributed by atoms with van der Waals surface area (Å²) >= 11 is 3.11. The first-order valence-electron chi connectivity index (χ1n) is 5.59. The van der Waals surface area contributed by atoms with Gasteiger partial charge in [0.15, 0.2) is 0 Å². The molecule has 0 saturated heterocycles. The van der Waals surface area contributed by atoms with Crippen LogP contribution in [-0.2, 0) is 15.7 Å². The normalized spacial score (nSPS) is 11.4. The molecule has 0 aliphatic carbocycles. The van der Waals surface area contributed by atoms with Crippen LogP contribution in [0.1, 0.15) is 5.56 Å². The van der Waals surface area contributed by atoms with Gasteiger partial charge in [0.2, 0.25) is 0 Å². The maximum absolute atomic E-state index is 13.4. The molecule has 0 bridgehead atoms. The maximum atomic E-state index is 13.4. The molecule has 112 valence electrons. The van der Waals surface area contributed by atoms with E-state index in [0.717, 1.165) is 12.1 Å². The number of hydrogen-bond donors (Lipinski definition) is 0. The molecule has 0 spiro atoms. The van der Waals surface area contributed by atoms with E-state index in [-0.39, 0.29) is 22.8 Å². The lowest BCUT2D eigenvalue weighted by Gasteiger charge is -2.10. The van der Waals surface area contributed by atoms with Crippen molar-refractivity contribution in [3.63, 3.8) is 0 Å². The van der Waals surface area contributed by atoms with Gasteiger partial charge in [-0.2, -0.15) is 0 Å². The fourth-order valence-electron chi connectivity index (χ4n) is 1.57. The molecule has 0 aliphatic rings. The minimum atomic E-state index is -3.86. The summed E-state index contributed by atoms with van der Waals surface area (Å²) in [7, 11) is 1.35. The van der Waals surface area contributed by atoms with Crippen LogP contribution in [0, 0.1) is 11.6 Å². The highest BCUT2D eigenvalue weighted by Gasteiger charge is 2.14. The predicted octanol–water partition coefficient (Wildman–Crippen LogP) is 4.23. The molecule has 0 aliphatic heterocycles. The van der Waals surface area contributed by atoms with E-state index in [2.05, 4.69) is 15.9 Å². The van der Waals surface area contributed by atoms with E-state index in [9.17, 15) is 17.2 Å². The monoisotopic (exact) mass is 396 g/mol. The lowest BCUT2D eigenvalue weighted by molar-refractivity contribution is 0.290. The van der Waals surface area contributed by atoms with Crippen LogP contribution < -0.4 is 4.74 Å². The highest BCUT2D eigenvalue weighted by molar-refractivity contribution is 9.10. The van der Waals surface area contributed by atoms with Crippen molar-refractivity contribution in [1.29, 1.82) is 0 Å². The second-order valence-electron chi connectivity index (χ2n) is 4.02. The van der Waals surface area contributed by atoms with Crippen LogP contribution in [0.4, 0.5) is 8.78 Å². The number of rotatable bonds is 4. The molecule has 3 nitrogen and oxygen atoms in total. The first kappa shape index (κ1) is 16.2. The van der Waals surface area contributed by atoms with Crippen LogP contribution in [0.3, 0.4) is 0 Å². The van der Waals surface area contributed by atoms with Crippen LogP contribution in [0.2, 0.25) is 0 Å². The SMILES string of the molecule is O=S(=O)(Cl)c1ccc(OCc2c(F)cccc2F)c(Br)c1. The molecular weight excluding hydrogens is 390 g/mol. The molecule has 0 fully saturated rings. The molecule has 0 heterocycles. The Kier molecular flexibility index (Phi) is 4.85. The first-order chi connectivity index (χ1) is 9.79. The van der Waals surface area contributed by atoms with E-state index in [1.807, 2.05) is 0 Å². The van der Waals surface area contributed by atoms with Crippen LogP contribution in [0.5, 0.6) is 5.75 Å². The van der Waals surface area contributed by atoms with E-state index in [4.69, 9.17) is 15.4 Å². The van der Waals surface area contributed by atoms with Crippen molar-refractivity contribution >= 4 is 35.7 Å². The minimum absolute atomic E-state index is 0.111. The smallest absolute Gasteiger partial charge is 0.261 e. The fraction of sp³-hybridized carbons (Fsp3) is 0.0769. The summed E-state index contributed by atoms with van der Waals surface area (Å²) in [5, 5.41) is 0. The quantitative estimate of drug-likeness (QED) is 0.725.